The highest BCUT2D eigenvalue weighted by atomic mass is 16.2. The SMILES string of the molecule is CC1CNC(=O)NC1=O.O=c1cc[nH]c(=O)[nH]1.O=c1cc[nH]c(=O)[nH]1. The predicted molar refractivity (Wildman–Crippen MR) is 86.1 cm³/mol. The molecule has 0 aliphatic carbocycles. The number of hydrogen-bond donors (Lipinski definition) is 6. The highest BCUT2D eigenvalue weighted by Gasteiger charge is 2.20. The van der Waals surface area contributed by atoms with E-state index in [0.29, 0.717) is 6.54 Å². The molecule has 1 fully saturated rings. The van der Waals surface area contributed by atoms with Crippen LogP contribution in [0.5, 0.6) is 0 Å². The van der Waals surface area contributed by atoms with Gasteiger partial charge < -0.3 is 15.3 Å². The van der Waals surface area contributed by atoms with Crippen LogP contribution in [0.25, 0.3) is 0 Å². The summed E-state index contributed by atoms with van der Waals surface area (Å²) in [7, 11) is 0. The van der Waals surface area contributed by atoms with Gasteiger partial charge in [0.2, 0.25) is 5.91 Å². The van der Waals surface area contributed by atoms with Crippen LogP contribution in [0.1, 0.15) is 6.92 Å². The van der Waals surface area contributed by atoms with Crippen LogP contribution < -0.4 is 33.1 Å². The van der Waals surface area contributed by atoms with Crippen molar-refractivity contribution in [2.75, 3.05) is 6.54 Å². The predicted octanol–water partition coefficient (Wildman–Crippen LogP) is -2.41. The van der Waals surface area contributed by atoms with E-state index in [9.17, 15) is 28.8 Å². The third-order valence-electron chi connectivity index (χ3n) is 2.62. The first-order chi connectivity index (χ1) is 11.8. The number of carbonyl (C=O) groups is 2. The van der Waals surface area contributed by atoms with E-state index in [1.807, 2.05) is 9.97 Å². The molecule has 1 atom stereocenters. The molecule has 3 amide bonds. The zero-order valence-corrected chi connectivity index (χ0v) is 13.0. The zero-order chi connectivity index (χ0) is 18.8. The molecule has 0 saturated carbocycles. The Balaban J connectivity index is 0.000000188. The summed E-state index contributed by atoms with van der Waals surface area (Å²) in [6, 6.07) is 2.08. The van der Waals surface area contributed by atoms with Gasteiger partial charge in [0, 0.05) is 31.1 Å². The minimum Gasteiger partial charge on any atom is -0.337 e. The molecule has 12 heteroatoms. The van der Waals surface area contributed by atoms with Gasteiger partial charge in [0.15, 0.2) is 0 Å². The summed E-state index contributed by atoms with van der Waals surface area (Å²) in [4.78, 5) is 70.3. The highest BCUT2D eigenvalue weighted by Crippen LogP contribution is 1.95. The fourth-order valence-electron chi connectivity index (χ4n) is 1.38. The molecule has 1 unspecified atom stereocenters. The Hall–Kier alpha value is -3.70. The van der Waals surface area contributed by atoms with Gasteiger partial charge in [-0.25, -0.2) is 14.4 Å². The van der Waals surface area contributed by atoms with Gasteiger partial charge in [-0.3, -0.25) is 29.7 Å². The van der Waals surface area contributed by atoms with Gasteiger partial charge in [-0.2, -0.15) is 0 Å². The Kier molecular flexibility index (Phi) is 7.31. The van der Waals surface area contributed by atoms with E-state index in [4.69, 9.17) is 0 Å². The second-order valence-corrected chi connectivity index (χ2v) is 4.69. The summed E-state index contributed by atoms with van der Waals surface area (Å²) < 4.78 is 0. The van der Waals surface area contributed by atoms with Crippen LogP contribution in [-0.2, 0) is 4.79 Å². The van der Waals surface area contributed by atoms with E-state index >= 15 is 0 Å². The van der Waals surface area contributed by atoms with Crippen molar-refractivity contribution in [2.24, 2.45) is 5.92 Å². The normalized spacial score (nSPS) is 15.5. The average Bonchev–Trinajstić information content (AvgIpc) is 2.52. The number of aromatic amines is 4. The molecule has 12 nitrogen and oxygen atoms in total. The number of carbonyl (C=O) groups excluding carboxylic acids is 2. The molecular weight excluding hydrogens is 336 g/mol. The van der Waals surface area contributed by atoms with Gasteiger partial charge in [0.1, 0.15) is 0 Å². The summed E-state index contributed by atoms with van der Waals surface area (Å²) >= 11 is 0. The van der Waals surface area contributed by atoms with E-state index < -0.39 is 17.4 Å². The van der Waals surface area contributed by atoms with Gasteiger partial charge in [0.05, 0.1) is 5.92 Å². The molecule has 0 radical (unpaired) electrons. The van der Waals surface area contributed by atoms with Crippen LogP contribution in [0.4, 0.5) is 4.79 Å². The molecular formula is C13H16N6O6. The maximum Gasteiger partial charge on any atom is 0.325 e. The molecule has 6 N–H and O–H groups in total. The number of aromatic nitrogens is 4. The Morgan fingerprint density at radius 3 is 1.60 bits per heavy atom. The lowest BCUT2D eigenvalue weighted by molar-refractivity contribution is -0.123. The third kappa shape index (κ3) is 7.92. The molecule has 3 rings (SSSR count). The van der Waals surface area contributed by atoms with Crippen molar-refractivity contribution in [3.05, 3.63) is 66.2 Å². The van der Waals surface area contributed by atoms with Crippen molar-refractivity contribution in [1.82, 2.24) is 30.6 Å². The van der Waals surface area contributed by atoms with Crippen molar-refractivity contribution in [3.63, 3.8) is 0 Å². The summed E-state index contributed by atoms with van der Waals surface area (Å²) in [6.07, 6.45) is 2.59. The van der Waals surface area contributed by atoms with E-state index in [1.54, 1.807) is 6.92 Å². The fourth-order valence-corrected chi connectivity index (χ4v) is 1.38. The Morgan fingerprint density at radius 1 is 0.840 bits per heavy atom. The van der Waals surface area contributed by atoms with Gasteiger partial charge >= 0.3 is 17.4 Å². The first-order valence-corrected chi connectivity index (χ1v) is 6.92. The maximum absolute atomic E-state index is 10.6. The summed E-state index contributed by atoms with van der Waals surface area (Å²) in [5, 5.41) is 4.63. The van der Waals surface area contributed by atoms with Crippen LogP contribution in [0, 0.1) is 5.92 Å². The molecule has 0 aromatic carbocycles. The minimum absolute atomic E-state index is 0.0947. The van der Waals surface area contributed by atoms with Crippen molar-refractivity contribution in [3.8, 4) is 0 Å². The molecule has 134 valence electrons. The van der Waals surface area contributed by atoms with E-state index in [2.05, 4.69) is 20.6 Å². The molecule has 1 aliphatic rings. The second kappa shape index (κ2) is 9.44. The number of imide groups is 1. The van der Waals surface area contributed by atoms with Crippen LogP contribution in [-0.4, -0.2) is 38.4 Å². The lowest BCUT2D eigenvalue weighted by Crippen LogP contribution is -2.51. The summed E-state index contributed by atoms with van der Waals surface area (Å²) in [6.45, 7) is 2.21. The van der Waals surface area contributed by atoms with Gasteiger partial charge in [0.25, 0.3) is 11.1 Å². The van der Waals surface area contributed by atoms with Crippen molar-refractivity contribution < 1.29 is 9.59 Å². The first kappa shape index (κ1) is 19.3. The number of rotatable bonds is 0. The van der Waals surface area contributed by atoms with E-state index in [0.717, 1.165) is 0 Å². The van der Waals surface area contributed by atoms with Crippen molar-refractivity contribution in [1.29, 1.82) is 0 Å². The lowest BCUT2D eigenvalue weighted by Gasteiger charge is -2.17. The number of hydrogen-bond acceptors (Lipinski definition) is 6. The smallest absolute Gasteiger partial charge is 0.325 e. The van der Waals surface area contributed by atoms with Crippen molar-refractivity contribution >= 4 is 11.9 Å². The van der Waals surface area contributed by atoms with Gasteiger partial charge in [-0.05, 0) is 0 Å². The number of nitrogens with one attached hydrogen (secondary N) is 6. The quantitative estimate of drug-likeness (QED) is 0.306. The molecule has 3 heterocycles. The highest BCUT2D eigenvalue weighted by molar-refractivity contribution is 5.97. The monoisotopic (exact) mass is 352 g/mol. The number of amides is 3. The molecule has 2 aromatic rings. The molecule has 0 spiro atoms. The Bertz CT molecular complexity index is 829. The minimum atomic E-state index is -0.475. The second-order valence-electron chi connectivity index (χ2n) is 4.69. The standard InChI is InChI=1S/C5H8N2O2.2C4H4N2O2/c1-3-2-6-5(9)7-4(3)8;2*7-3-1-2-5-4(8)6-3/h3H,2H2,1H3,(H2,6,7,8,9);2*1-2H,(H2,5,6,7,8). The molecule has 25 heavy (non-hydrogen) atoms. The van der Waals surface area contributed by atoms with E-state index in [-0.39, 0.29) is 22.9 Å². The lowest BCUT2D eigenvalue weighted by atomic mass is 10.1. The van der Waals surface area contributed by atoms with Crippen LogP contribution in [0.15, 0.2) is 43.7 Å². The Morgan fingerprint density at radius 2 is 1.32 bits per heavy atom. The molecule has 2 aromatic heterocycles. The number of urea groups is 1. The average molecular weight is 352 g/mol. The largest absolute Gasteiger partial charge is 0.337 e. The topological polar surface area (TPSA) is 190 Å². The van der Waals surface area contributed by atoms with E-state index in [1.165, 1.54) is 24.5 Å². The van der Waals surface area contributed by atoms with Crippen LogP contribution >= 0.6 is 0 Å². The third-order valence-corrected chi connectivity index (χ3v) is 2.62. The Labute approximate surface area is 138 Å². The summed E-state index contributed by atoms with van der Waals surface area (Å²) in [5.74, 6) is -0.290. The zero-order valence-electron chi connectivity index (χ0n) is 13.0. The van der Waals surface area contributed by atoms with Crippen LogP contribution in [0.3, 0.4) is 0 Å². The first-order valence-electron chi connectivity index (χ1n) is 6.92. The fraction of sp³-hybridized carbons (Fsp3) is 0.231. The molecule has 0 bridgehead atoms. The number of H-pyrrole nitrogens is 4. The van der Waals surface area contributed by atoms with Gasteiger partial charge in [-0.1, -0.05) is 6.92 Å². The maximum atomic E-state index is 10.6. The molecule has 1 aliphatic heterocycles. The van der Waals surface area contributed by atoms with Crippen molar-refractivity contribution in [2.45, 2.75) is 6.92 Å². The van der Waals surface area contributed by atoms with Crippen LogP contribution in [0.2, 0.25) is 0 Å². The summed E-state index contributed by atoms with van der Waals surface area (Å²) in [5.41, 5.74) is -1.71. The van der Waals surface area contributed by atoms with Gasteiger partial charge in [-0.15, -0.1) is 0 Å². The molecule has 1 saturated heterocycles.